The normalized spacial score (nSPS) is 12.7. The molecule has 1 aliphatic rings. The van der Waals surface area contributed by atoms with Crippen LogP contribution in [0.2, 0.25) is 0 Å². The summed E-state index contributed by atoms with van der Waals surface area (Å²) in [5, 5.41) is 5.10. The van der Waals surface area contributed by atoms with E-state index in [2.05, 4.69) is 10.0 Å². The molecule has 0 saturated heterocycles. The van der Waals surface area contributed by atoms with Crippen molar-refractivity contribution in [1.82, 2.24) is 4.98 Å². The van der Waals surface area contributed by atoms with Gasteiger partial charge in [0.25, 0.3) is 0 Å². The van der Waals surface area contributed by atoms with Crippen molar-refractivity contribution in [3.05, 3.63) is 48.5 Å². The molecule has 0 radical (unpaired) electrons. The maximum absolute atomic E-state index is 11.6. The molecule has 33 heavy (non-hydrogen) atoms. The largest absolute Gasteiger partial charge is 0.494 e. The van der Waals surface area contributed by atoms with Gasteiger partial charge < -0.3 is 24.3 Å². The Morgan fingerprint density at radius 2 is 1.70 bits per heavy atom. The van der Waals surface area contributed by atoms with Gasteiger partial charge in [0, 0.05) is 22.9 Å². The van der Waals surface area contributed by atoms with E-state index in [9.17, 15) is 8.42 Å². The van der Waals surface area contributed by atoms with E-state index >= 15 is 0 Å². The van der Waals surface area contributed by atoms with Gasteiger partial charge in [0.1, 0.15) is 17.0 Å². The number of para-hydroxylation sites is 1. The van der Waals surface area contributed by atoms with Crippen LogP contribution in [0.4, 0.5) is 17.1 Å². The molecule has 0 fully saturated rings. The molecule has 5 rings (SSSR count). The Bertz CT molecular complexity index is 1500. The Labute approximate surface area is 190 Å². The van der Waals surface area contributed by atoms with E-state index < -0.39 is 10.0 Å². The summed E-state index contributed by atoms with van der Waals surface area (Å²) in [7, 11) is -0.295. The van der Waals surface area contributed by atoms with Crippen molar-refractivity contribution in [3.63, 3.8) is 0 Å². The summed E-state index contributed by atoms with van der Waals surface area (Å²) in [6.45, 7) is 0.153. The number of pyridine rings is 1. The minimum absolute atomic E-state index is 0.153. The number of methoxy groups -OCH3 is 2. The lowest BCUT2D eigenvalue weighted by Crippen LogP contribution is -2.09. The molecule has 1 aliphatic heterocycles. The van der Waals surface area contributed by atoms with Gasteiger partial charge in [-0.15, -0.1) is 0 Å². The van der Waals surface area contributed by atoms with Crippen molar-refractivity contribution in [2.75, 3.05) is 37.3 Å². The van der Waals surface area contributed by atoms with Crippen molar-refractivity contribution in [2.45, 2.75) is 0 Å². The number of hydrogen-bond donors (Lipinski definition) is 2. The fourth-order valence-corrected chi connectivity index (χ4v) is 4.39. The Morgan fingerprint density at radius 3 is 2.42 bits per heavy atom. The molecular weight excluding hydrogens is 446 g/mol. The van der Waals surface area contributed by atoms with Gasteiger partial charge >= 0.3 is 0 Å². The molecule has 1 aromatic heterocycles. The highest BCUT2D eigenvalue weighted by molar-refractivity contribution is 7.92. The molecule has 10 heteroatoms. The van der Waals surface area contributed by atoms with E-state index in [0.29, 0.717) is 45.4 Å². The summed E-state index contributed by atoms with van der Waals surface area (Å²) in [6, 6.07) is 14.4. The van der Waals surface area contributed by atoms with Gasteiger partial charge in [0.15, 0.2) is 11.5 Å². The molecule has 3 aromatic carbocycles. The van der Waals surface area contributed by atoms with Crippen LogP contribution < -0.4 is 29.0 Å². The molecule has 170 valence electrons. The summed E-state index contributed by atoms with van der Waals surface area (Å²) >= 11 is 0. The number of hydrogen-bond acceptors (Lipinski definition) is 8. The number of sulfonamides is 1. The van der Waals surface area contributed by atoms with Gasteiger partial charge in [-0.2, -0.15) is 0 Å². The van der Waals surface area contributed by atoms with E-state index in [1.165, 1.54) is 7.11 Å². The first kappa shape index (κ1) is 21.0. The highest BCUT2D eigenvalue weighted by Gasteiger charge is 2.20. The van der Waals surface area contributed by atoms with Crippen LogP contribution in [0.1, 0.15) is 0 Å². The highest BCUT2D eigenvalue weighted by atomic mass is 32.2. The average Bonchev–Trinajstić information content (AvgIpc) is 3.24. The first-order valence-corrected chi connectivity index (χ1v) is 11.9. The number of ether oxygens (including phenoxy) is 4. The molecule has 0 spiro atoms. The van der Waals surface area contributed by atoms with Crippen LogP contribution in [0.5, 0.6) is 23.0 Å². The standard InChI is InChI=1S/C23H21N3O6S/c1-29-18-6-4-5-14-22(15-10-20-21(32-12-31-20)11-17(15)25-23(14)18)24-16-8-7-13(9-19(16)30-2)26-33(3,27)28/h4-11,26H,12H2,1-3H3,(H,24,25). The second-order valence-corrected chi connectivity index (χ2v) is 9.23. The third-order valence-corrected chi connectivity index (χ3v) is 5.85. The summed E-state index contributed by atoms with van der Waals surface area (Å²) < 4.78 is 47.9. The third kappa shape index (κ3) is 3.89. The summed E-state index contributed by atoms with van der Waals surface area (Å²) in [4.78, 5) is 4.82. The zero-order chi connectivity index (χ0) is 23.2. The van der Waals surface area contributed by atoms with Crippen molar-refractivity contribution < 1.29 is 27.4 Å². The van der Waals surface area contributed by atoms with Gasteiger partial charge in [-0.1, -0.05) is 12.1 Å². The maximum atomic E-state index is 11.6. The van der Waals surface area contributed by atoms with Crippen LogP contribution in [-0.2, 0) is 10.0 Å². The molecule has 0 amide bonds. The molecule has 0 atom stereocenters. The lowest BCUT2D eigenvalue weighted by molar-refractivity contribution is 0.174. The first-order chi connectivity index (χ1) is 15.9. The number of anilines is 3. The number of nitrogens with one attached hydrogen (secondary N) is 2. The summed E-state index contributed by atoms with van der Waals surface area (Å²) in [5.41, 5.74) is 3.20. The monoisotopic (exact) mass is 467 g/mol. The van der Waals surface area contributed by atoms with Crippen molar-refractivity contribution in [1.29, 1.82) is 0 Å². The van der Waals surface area contributed by atoms with Gasteiger partial charge in [-0.05, 0) is 24.3 Å². The molecule has 2 N–H and O–H groups in total. The number of aromatic nitrogens is 1. The quantitative estimate of drug-likeness (QED) is 0.405. The highest BCUT2D eigenvalue weighted by Crippen LogP contribution is 2.43. The van der Waals surface area contributed by atoms with Gasteiger partial charge in [0.05, 0.1) is 43.1 Å². The molecule has 0 bridgehead atoms. The predicted octanol–water partition coefficient (Wildman–Crippen LogP) is 4.25. The molecule has 2 heterocycles. The lowest BCUT2D eigenvalue weighted by Gasteiger charge is -2.17. The SMILES string of the molecule is COc1cc(NS(C)(=O)=O)ccc1Nc1c2cc3c(cc2nc2c(OC)cccc12)OCO3. The van der Waals surface area contributed by atoms with Crippen LogP contribution in [0.25, 0.3) is 21.8 Å². The second kappa shape index (κ2) is 7.89. The fraction of sp³-hybridized carbons (Fsp3) is 0.174. The van der Waals surface area contributed by atoms with Crippen LogP contribution in [0, 0.1) is 0 Å². The van der Waals surface area contributed by atoms with E-state index in [0.717, 1.165) is 22.7 Å². The number of nitrogens with zero attached hydrogens (tertiary/aromatic N) is 1. The minimum Gasteiger partial charge on any atom is -0.494 e. The zero-order valence-electron chi connectivity index (χ0n) is 18.1. The van der Waals surface area contributed by atoms with Crippen molar-refractivity contribution >= 4 is 48.9 Å². The number of rotatable bonds is 6. The Morgan fingerprint density at radius 1 is 0.939 bits per heavy atom. The molecular formula is C23H21N3O6S. The van der Waals surface area contributed by atoms with Crippen LogP contribution in [0.3, 0.4) is 0 Å². The minimum atomic E-state index is -3.42. The van der Waals surface area contributed by atoms with E-state index in [-0.39, 0.29) is 6.79 Å². The van der Waals surface area contributed by atoms with Crippen molar-refractivity contribution in [3.8, 4) is 23.0 Å². The predicted molar refractivity (Wildman–Crippen MR) is 127 cm³/mol. The Kier molecular flexibility index (Phi) is 5.01. The first-order valence-electron chi connectivity index (χ1n) is 9.99. The summed E-state index contributed by atoms with van der Waals surface area (Å²) in [5.74, 6) is 2.36. The molecule has 9 nitrogen and oxygen atoms in total. The van der Waals surface area contributed by atoms with E-state index in [4.69, 9.17) is 23.9 Å². The van der Waals surface area contributed by atoms with E-state index in [1.54, 1.807) is 25.3 Å². The number of fused-ring (bicyclic) bond motifs is 3. The third-order valence-electron chi connectivity index (χ3n) is 5.25. The zero-order valence-corrected chi connectivity index (χ0v) is 18.9. The maximum Gasteiger partial charge on any atom is 0.231 e. The van der Waals surface area contributed by atoms with E-state index in [1.807, 2.05) is 30.3 Å². The molecule has 0 unspecified atom stereocenters. The van der Waals surface area contributed by atoms with Gasteiger partial charge in [-0.25, -0.2) is 13.4 Å². The molecule has 4 aromatic rings. The van der Waals surface area contributed by atoms with Crippen LogP contribution >= 0.6 is 0 Å². The molecule has 0 aliphatic carbocycles. The van der Waals surface area contributed by atoms with Crippen LogP contribution in [-0.4, -0.2) is 40.7 Å². The smallest absolute Gasteiger partial charge is 0.231 e. The lowest BCUT2D eigenvalue weighted by atomic mass is 10.1. The summed E-state index contributed by atoms with van der Waals surface area (Å²) in [6.07, 6.45) is 1.10. The number of benzene rings is 3. The second-order valence-electron chi connectivity index (χ2n) is 7.48. The topological polar surface area (TPSA) is 108 Å². The van der Waals surface area contributed by atoms with Gasteiger partial charge in [0.2, 0.25) is 16.8 Å². The Balaban J connectivity index is 1.71. The van der Waals surface area contributed by atoms with Crippen molar-refractivity contribution in [2.24, 2.45) is 0 Å². The fourth-order valence-electron chi connectivity index (χ4n) is 3.84. The van der Waals surface area contributed by atoms with Gasteiger partial charge in [-0.3, -0.25) is 4.72 Å². The average molecular weight is 468 g/mol. The molecule has 0 saturated carbocycles. The Hall–Kier alpha value is -3.92. The van der Waals surface area contributed by atoms with Crippen LogP contribution in [0.15, 0.2) is 48.5 Å².